The smallest absolute Gasteiger partial charge is 0.120 e. The molecule has 1 aromatic rings. The van der Waals surface area contributed by atoms with E-state index in [1.54, 1.807) is 6.07 Å². The third kappa shape index (κ3) is 4.82. The molecule has 0 aliphatic heterocycles. The molecule has 0 heterocycles. The van der Waals surface area contributed by atoms with Crippen LogP contribution < -0.4 is 5.32 Å². The predicted molar refractivity (Wildman–Crippen MR) is 84.4 cm³/mol. The number of phenolic OH excluding ortho intramolecular Hbond substituents is 1. The van der Waals surface area contributed by atoms with Crippen LogP contribution in [0, 0.1) is 0 Å². The fourth-order valence-corrected chi connectivity index (χ4v) is 2.98. The lowest BCUT2D eigenvalue weighted by Crippen LogP contribution is -2.32. The first-order valence-corrected chi connectivity index (χ1v) is 8.35. The molecule has 0 aromatic heterocycles. The van der Waals surface area contributed by atoms with Gasteiger partial charge in [-0.25, -0.2) is 0 Å². The van der Waals surface area contributed by atoms with Gasteiger partial charge in [0.1, 0.15) is 5.75 Å². The molecule has 0 bridgehead atoms. The van der Waals surface area contributed by atoms with Gasteiger partial charge >= 0.3 is 0 Å². The highest BCUT2D eigenvalue weighted by molar-refractivity contribution is 9.10. The molecule has 102 valence electrons. The molecule has 0 saturated carbocycles. The van der Waals surface area contributed by atoms with Crippen LogP contribution in [0.3, 0.4) is 0 Å². The van der Waals surface area contributed by atoms with E-state index in [1.807, 2.05) is 23.9 Å². The maximum atomic E-state index is 9.96. The Labute approximate surface area is 123 Å². The van der Waals surface area contributed by atoms with Gasteiger partial charge in [0.25, 0.3) is 0 Å². The maximum absolute atomic E-state index is 9.96. The van der Waals surface area contributed by atoms with Crippen molar-refractivity contribution in [2.24, 2.45) is 0 Å². The number of benzene rings is 1. The highest BCUT2D eigenvalue weighted by atomic mass is 79.9. The normalized spacial score (nSPS) is 14.4. The minimum absolute atomic E-state index is 0.204. The minimum atomic E-state index is 0.204. The molecule has 0 aliphatic rings. The Morgan fingerprint density at radius 3 is 2.72 bits per heavy atom. The summed E-state index contributed by atoms with van der Waals surface area (Å²) in [7, 11) is 0. The monoisotopic (exact) mass is 331 g/mol. The highest BCUT2D eigenvalue weighted by Gasteiger charge is 2.16. The molecule has 4 heteroatoms. The van der Waals surface area contributed by atoms with Gasteiger partial charge in [-0.15, -0.1) is 0 Å². The number of phenols is 1. The van der Waals surface area contributed by atoms with Gasteiger partial charge in [-0.2, -0.15) is 11.8 Å². The van der Waals surface area contributed by atoms with Crippen LogP contribution in [0.2, 0.25) is 0 Å². The fraction of sp³-hybridized carbons (Fsp3) is 0.571. The quantitative estimate of drug-likeness (QED) is 0.779. The Morgan fingerprint density at radius 2 is 2.11 bits per heavy atom. The van der Waals surface area contributed by atoms with Crippen LogP contribution in [0.5, 0.6) is 5.75 Å². The van der Waals surface area contributed by atoms with Crippen LogP contribution in [0.1, 0.15) is 38.8 Å². The molecule has 0 fully saturated rings. The van der Waals surface area contributed by atoms with Crippen molar-refractivity contribution in [3.05, 3.63) is 28.2 Å². The molecular weight excluding hydrogens is 310 g/mol. The topological polar surface area (TPSA) is 32.3 Å². The van der Waals surface area contributed by atoms with Gasteiger partial charge in [0, 0.05) is 27.9 Å². The summed E-state index contributed by atoms with van der Waals surface area (Å²) >= 11 is 5.40. The van der Waals surface area contributed by atoms with E-state index in [-0.39, 0.29) is 6.04 Å². The first-order chi connectivity index (χ1) is 8.58. The van der Waals surface area contributed by atoms with Gasteiger partial charge in [0.2, 0.25) is 0 Å². The van der Waals surface area contributed by atoms with Crippen LogP contribution >= 0.6 is 27.7 Å². The first kappa shape index (κ1) is 15.9. The van der Waals surface area contributed by atoms with Crippen LogP contribution in [0.15, 0.2) is 22.7 Å². The van der Waals surface area contributed by atoms with Gasteiger partial charge in [-0.05, 0) is 37.3 Å². The Kier molecular flexibility index (Phi) is 7.12. The molecule has 2 atom stereocenters. The third-order valence-electron chi connectivity index (χ3n) is 2.83. The predicted octanol–water partition coefficient (Wildman–Crippen LogP) is 4.34. The molecule has 18 heavy (non-hydrogen) atoms. The van der Waals surface area contributed by atoms with E-state index < -0.39 is 0 Å². The largest absolute Gasteiger partial charge is 0.508 e. The molecular formula is C14H22BrNOS. The zero-order chi connectivity index (χ0) is 13.5. The van der Waals surface area contributed by atoms with Gasteiger partial charge in [-0.1, -0.05) is 29.8 Å². The standard InChI is InChI=1S/C14H22BrNOS/c1-4-13(16-10(3)9-18-5-2)12-8-11(15)6-7-14(12)17/h6-8,10,13,16-17H,4-5,9H2,1-3H3. The lowest BCUT2D eigenvalue weighted by atomic mass is 10.0. The molecule has 0 amide bonds. The van der Waals surface area contributed by atoms with Crippen LogP contribution in [-0.4, -0.2) is 22.7 Å². The minimum Gasteiger partial charge on any atom is -0.508 e. The molecule has 1 aromatic carbocycles. The number of aromatic hydroxyl groups is 1. The van der Waals surface area contributed by atoms with E-state index in [1.165, 1.54) is 0 Å². The number of rotatable bonds is 7. The van der Waals surface area contributed by atoms with Crippen molar-refractivity contribution in [2.75, 3.05) is 11.5 Å². The Morgan fingerprint density at radius 1 is 1.39 bits per heavy atom. The van der Waals surface area contributed by atoms with E-state index in [0.29, 0.717) is 11.8 Å². The zero-order valence-electron chi connectivity index (χ0n) is 11.2. The van der Waals surface area contributed by atoms with E-state index in [0.717, 1.165) is 28.0 Å². The lowest BCUT2D eigenvalue weighted by molar-refractivity contribution is 0.426. The van der Waals surface area contributed by atoms with Gasteiger partial charge in [0.05, 0.1) is 0 Å². The van der Waals surface area contributed by atoms with E-state index in [2.05, 4.69) is 42.0 Å². The van der Waals surface area contributed by atoms with Crippen molar-refractivity contribution >= 4 is 27.7 Å². The van der Waals surface area contributed by atoms with Crippen molar-refractivity contribution in [2.45, 2.75) is 39.3 Å². The highest BCUT2D eigenvalue weighted by Crippen LogP contribution is 2.29. The first-order valence-electron chi connectivity index (χ1n) is 6.40. The van der Waals surface area contributed by atoms with Crippen molar-refractivity contribution in [1.82, 2.24) is 5.32 Å². The van der Waals surface area contributed by atoms with Gasteiger partial charge in [0.15, 0.2) is 0 Å². The summed E-state index contributed by atoms with van der Waals surface area (Å²) in [5, 5.41) is 13.5. The average Bonchev–Trinajstić information content (AvgIpc) is 2.36. The second-order valence-electron chi connectivity index (χ2n) is 4.39. The van der Waals surface area contributed by atoms with E-state index in [9.17, 15) is 5.11 Å². The number of nitrogens with one attached hydrogen (secondary N) is 1. The third-order valence-corrected chi connectivity index (χ3v) is 4.47. The van der Waals surface area contributed by atoms with Crippen LogP contribution in [-0.2, 0) is 0 Å². The second kappa shape index (κ2) is 8.08. The summed E-state index contributed by atoms with van der Waals surface area (Å²) in [6, 6.07) is 6.25. The van der Waals surface area contributed by atoms with Crippen molar-refractivity contribution in [1.29, 1.82) is 0 Å². The van der Waals surface area contributed by atoms with Gasteiger partial charge in [-0.3, -0.25) is 0 Å². The summed E-state index contributed by atoms with van der Waals surface area (Å²) in [5.41, 5.74) is 0.972. The summed E-state index contributed by atoms with van der Waals surface area (Å²) in [6.45, 7) is 6.51. The number of halogens is 1. The number of thioether (sulfide) groups is 1. The molecule has 0 saturated heterocycles. The molecule has 0 radical (unpaired) electrons. The van der Waals surface area contributed by atoms with Crippen molar-refractivity contribution in [3.63, 3.8) is 0 Å². The van der Waals surface area contributed by atoms with E-state index >= 15 is 0 Å². The molecule has 0 spiro atoms. The van der Waals surface area contributed by atoms with Crippen LogP contribution in [0.25, 0.3) is 0 Å². The summed E-state index contributed by atoms with van der Waals surface area (Å²) in [5.74, 6) is 2.61. The molecule has 2 nitrogen and oxygen atoms in total. The second-order valence-corrected chi connectivity index (χ2v) is 6.63. The number of hydrogen-bond acceptors (Lipinski definition) is 3. The zero-order valence-corrected chi connectivity index (χ0v) is 13.6. The van der Waals surface area contributed by atoms with Crippen molar-refractivity contribution in [3.8, 4) is 5.75 Å². The Bertz CT molecular complexity index is 373. The Balaban J connectivity index is 2.73. The lowest BCUT2D eigenvalue weighted by Gasteiger charge is -2.23. The Hall–Kier alpha value is -0.190. The molecule has 2 unspecified atom stereocenters. The average molecular weight is 332 g/mol. The summed E-state index contributed by atoms with van der Waals surface area (Å²) in [4.78, 5) is 0. The summed E-state index contributed by atoms with van der Waals surface area (Å²) in [6.07, 6.45) is 0.963. The van der Waals surface area contributed by atoms with Crippen LogP contribution in [0.4, 0.5) is 0 Å². The molecule has 0 aliphatic carbocycles. The molecule has 1 rings (SSSR count). The van der Waals surface area contributed by atoms with Gasteiger partial charge < -0.3 is 10.4 Å². The fourth-order valence-electron chi connectivity index (χ4n) is 1.92. The van der Waals surface area contributed by atoms with E-state index in [4.69, 9.17) is 0 Å². The SMILES string of the molecule is CCSCC(C)NC(CC)c1cc(Br)ccc1O. The summed E-state index contributed by atoms with van der Waals surface area (Å²) < 4.78 is 1.01. The maximum Gasteiger partial charge on any atom is 0.120 e. The number of hydrogen-bond donors (Lipinski definition) is 2. The van der Waals surface area contributed by atoms with Crippen molar-refractivity contribution < 1.29 is 5.11 Å². The molecule has 2 N–H and O–H groups in total.